The molecule has 1 aromatic heterocycles. The van der Waals surface area contributed by atoms with Gasteiger partial charge in [-0.25, -0.2) is 13.6 Å². The minimum Gasteiger partial charge on any atom is -0.478 e. The van der Waals surface area contributed by atoms with Crippen molar-refractivity contribution in [2.45, 2.75) is 24.7 Å². The smallest absolute Gasteiger partial charge is 0.340 e. The third-order valence-corrected chi connectivity index (χ3v) is 2.29. The summed E-state index contributed by atoms with van der Waals surface area (Å²) in [5.41, 5.74) is -0.120. The molecule has 0 radical (unpaired) electrons. The molecule has 0 bridgehead atoms. The largest absolute Gasteiger partial charge is 0.478 e. The summed E-state index contributed by atoms with van der Waals surface area (Å²) in [6.07, 6.45) is 0.319. The molecule has 2 rings (SSSR count). The van der Waals surface area contributed by atoms with Crippen LogP contribution in [0.25, 0.3) is 0 Å². The van der Waals surface area contributed by atoms with Crippen LogP contribution in [-0.4, -0.2) is 22.2 Å². The number of rotatable bonds is 2. The van der Waals surface area contributed by atoms with Crippen LogP contribution in [0, 0.1) is 0 Å². The third kappa shape index (κ3) is 1.36. The van der Waals surface area contributed by atoms with Gasteiger partial charge in [-0.3, -0.25) is 0 Å². The second kappa shape index (κ2) is 2.76. The van der Waals surface area contributed by atoms with Crippen LogP contribution in [0.5, 0.6) is 0 Å². The molecular weight excluding hydrogens is 196 g/mol. The van der Waals surface area contributed by atoms with E-state index in [2.05, 4.69) is 9.68 Å². The fraction of sp³-hybridized carbons (Fsp3) is 0.500. The second-order valence-electron chi connectivity index (χ2n) is 3.37. The molecule has 0 aliphatic heterocycles. The molecule has 0 aromatic carbocycles. The van der Waals surface area contributed by atoms with Gasteiger partial charge >= 0.3 is 5.97 Å². The zero-order valence-electron chi connectivity index (χ0n) is 7.04. The molecule has 4 nitrogen and oxygen atoms in total. The number of hydrogen-bond donors (Lipinski definition) is 1. The lowest BCUT2D eigenvalue weighted by Gasteiger charge is -2.33. The average Bonchev–Trinajstić information content (AvgIpc) is 2.46. The molecule has 1 N–H and O–H groups in total. The topological polar surface area (TPSA) is 63.3 Å². The first-order valence-corrected chi connectivity index (χ1v) is 4.05. The van der Waals surface area contributed by atoms with Gasteiger partial charge in [-0.05, 0) is 0 Å². The summed E-state index contributed by atoms with van der Waals surface area (Å²) < 4.78 is 29.7. The normalized spacial score (nSPS) is 20.4. The van der Waals surface area contributed by atoms with E-state index in [1.807, 2.05) is 0 Å². The number of nitrogens with zero attached hydrogens (tertiary/aromatic N) is 1. The van der Waals surface area contributed by atoms with Crippen molar-refractivity contribution in [1.29, 1.82) is 0 Å². The Balaban J connectivity index is 2.18. The molecule has 1 aliphatic rings. The van der Waals surface area contributed by atoms with E-state index >= 15 is 0 Å². The SMILES string of the molecule is O=C(O)c1cnoc1C1CC(F)(F)C1. The van der Waals surface area contributed by atoms with Crippen molar-refractivity contribution >= 4 is 5.97 Å². The minimum atomic E-state index is -2.69. The predicted molar refractivity (Wildman–Crippen MR) is 40.4 cm³/mol. The number of aromatic carboxylic acids is 1. The third-order valence-electron chi connectivity index (χ3n) is 2.29. The molecule has 1 heterocycles. The Morgan fingerprint density at radius 2 is 2.29 bits per heavy atom. The number of carboxylic acids is 1. The second-order valence-corrected chi connectivity index (χ2v) is 3.37. The number of carbonyl (C=O) groups is 1. The first kappa shape index (κ1) is 9.11. The summed E-state index contributed by atoms with van der Waals surface area (Å²) >= 11 is 0. The lowest BCUT2D eigenvalue weighted by atomic mass is 9.78. The maximum absolute atomic E-state index is 12.5. The molecule has 0 atom stereocenters. The van der Waals surface area contributed by atoms with Gasteiger partial charge in [-0.2, -0.15) is 0 Å². The highest BCUT2D eigenvalue weighted by Crippen LogP contribution is 2.48. The van der Waals surface area contributed by atoms with Crippen LogP contribution in [0.1, 0.15) is 34.9 Å². The van der Waals surface area contributed by atoms with Crippen molar-refractivity contribution in [2.75, 3.05) is 0 Å². The summed E-state index contributed by atoms with van der Waals surface area (Å²) in [5.74, 6) is -4.34. The van der Waals surface area contributed by atoms with Crippen molar-refractivity contribution < 1.29 is 23.2 Å². The van der Waals surface area contributed by atoms with Crippen LogP contribution in [0.15, 0.2) is 10.7 Å². The van der Waals surface area contributed by atoms with Crippen LogP contribution in [0.2, 0.25) is 0 Å². The molecule has 0 saturated heterocycles. The molecule has 14 heavy (non-hydrogen) atoms. The van der Waals surface area contributed by atoms with Gasteiger partial charge in [0.05, 0.1) is 6.20 Å². The first-order valence-electron chi connectivity index (χ1n) is 4.05. The highest BCUT2D eigenvalue weighted by Gasteiger charge is 2.48. The molecule has 76 valence electrons. The zero-order chi connectivity index (χ0) is 10.3. The van der Waals surface area contributed by atoms with E-state index in [9.17, 15) is 13.6 Å². The van der Waals surface area contributed by atoms with Gasteiger partial charge < -0.3 is 9.63 Å². The van der Waals surface area contributed by atoms with Crippen LogP contribution >= 0.6 is 0 Å². The highest BCUT2D eigenvalue weighted by atomic mass is 19.3. The van der Waals surface area contributed by atoms with Gasteiger partial charge in [0.15, 0.2) is 5.76 Å². The van der Waals surface area contributed by atoms with Gasteiger partial charge in [0, 0.05) is 18.8 Å². The summed E-state index contributed by atoms with van der Waals surface area (Å²) in [4.78, 5) is 10.6. The molecule has 1 fully saturated rings. The molecule has 1 saturated carbocycles. The Morgan fingerprint density at radius 1 is 1.64 bits per heavy atom. The maximum atomic E-state index is 12.5. The Morgan fingerprint density at radius 3 is 2.79 bits per heavy atom. The highest BCUT2D eigenvalue weighted by molar-refractivity contribution is 5.88. The van der Waals surface area contributed by atoms with Crippen molar-refractivity contribution in [2.24, 2.45) is 0 Å². The summed E-state index contributed by atoms with van der Waals surface area (Å²) in [6.45, 7) is 0. The maximum Gasteiger partial charge on any atom is 0.340 e. The van der Waals surface area contributed by atoms with E-state index in [-0.39, 0.29) is 24.2 Å². The average molecular weight is 203 g/mol. The van der Waals surface area contributed by atoms with E-state index in [0.717, 1.165) is 6.20 Å². The fourth-order valence-electron chi connectivity index (χ4n) is 1.55. The van der Waals surface area contributed by atoms with Crippen molar-refractivity contribution in [3.8, 4) is 0 Å². The van der Waals surface area contributed by atoms with E-state index in [0.29, 0.717) is 0 Å². The molecule has 6 heteroatoms. The van der Waals surface area contributed by atoms with Crippen molar-refractivity contribution in [3.05, 3.63) is 17.5 Å². The summed E-state index contributed by atoms with van der Waals surface area (Å²) in [7, 11) is 0. The molecule has 0 unspecified atom stereocenters. The van der Waals surface area contributed by atoms with Crippen LogP contribution < -0.4 is 0 Å². The Labute approximate surface area is 77.5 Å². The van der Waals surface area contributed by atoms with E-state index < -0.39 is 17.8 Å². The number of carboxylic acid groups (broad SMARTS) is 1. The van der Waals surface area contributed by atoms with E-state index in [1.165, 1.54) is 0 Å². The summed E-state index contributed by atoms with van der Waals surface area (Å²) in [6, 6.07) is 0. The zero-order valence-corrected chi connectivity index (χ0v) is 7.04. The number of alkyl halides is 2. The molecule has 0 spiro atoms. The number of aromatic nitrogens is 1. The summed E-state index contributed by atoms with van der Waals surface area (Å²) in [5, 5.41) is 12.0. The van der Waals surface area contributed by atoms with E-state index in [1.54, 1.807) is 0 Å². The fourth-order valence-corrected chi connectivity index (χ4v) is 1.55. The lowest BCUT2D eigenvalue weighted by Crippen LogP contribution is -2.34. The molecule has 0 amide bonds. The minimum absolute atomic E-state index is 0.0587. The quantitative estimate of drug-likeness (QED) is 0.797. The van der Waals surface area contributed by atoms with Crippen LogP contribution in [0.3, 0.4) is 0 Å². The Bertz CT molecular complexity index is 366. The monoisotopic (exact) mass is 203 g/mol. The van der Waals surface area contributed by atoms with Gasteiger partial charge in [-0.1, -0.05) is 5.16 Å². The standard InChI is InChI=1S/C8H7F2NO3/c9-8(10)1-4(2-8)6-5(7(12)13)3-11-14-6/h3-4H,1-2H2,(H,12,13). The predicted octanol–water partition coefficient (Wildman–Crippen LogP) is 1.89. The van der Waals surface area contributed by atoms with Gasteiger partial charge in [0.1, 0.15) is 5.56 Å². The van der Waals surface area contributed by atoms with Crippen molar-refractivity contribution in [1.82, 2.24) is 5.16 Å². The number of halogens is 2. The van der Waals surface area contributed by atoms with Crippen molar-refractivity contribution in [3.63, 3.8) is 0 Å². The van der Waals surface area contributed by atoms with E-state index in [4.69, 9.17) is 5.11 Å². The Hall–Kier alpha value is -1.46. The molecular formula is C8H7F2NO3. The van der Waals surface area contributed by atoms with Crippen LogP contribution in [-0.2, 0) is 0 Å². The molecule has 1 aliphatic carbocycles. The van der Waals surface area contributed by atoms with Crippen LogP contribution in [0.4, 0.5) is 8.78 Å². The van der Waals surface area contributed by atoms with Gasteiger partial charge in [-0.15, -0.1) is 0 Å². The molecule has 1 aromatic rings. The Kier molecular flexibility index (Phi) is 1.80. The lowest BCUT2D eigenvalue weighted by molar-refractivity contribution is -0.0917. The van der Waals surface area contributed by atoms with Gasteiger partial charge in [0.25, 0.3) is 0 Å². The first-order chi connectivity index (χ1) is 6.49. The van der Waals surface area contributed by atoms with Gasteiger partial charge in [0.2, 0.25) is 5.92 Å². The number of hydrogen-bond acceptors (Lipinski definition) is 3.